The Bertz CT molecular complexity index is 1030. The summed E-state index contributed by atoms with van der Waals surface area (Å²) >= 11 is 18.3. The van der Waals surface area contributed by atoms with E-state index < -0.39 is 17.6 Å². The molecule has 1 amide bonds. The first-order valence-electron chi connectivity index (χ1n) is 10.6. The minimum absolute atomic E-state index is 0.0756. The lowest BCUT2D eigenvalue weighted by Crippen LogP contribution is -2.42. The van der Waals surface area contributed by atoms with Gasteiger partial charge in [-0.3, -0.25) is 4.79 Å². The number of halogens is 6. The number of benzene rings is 2. The molecule has 0 aromatic heterocycles. The zero-order valence-electron chi connectivity index (χ0n) is 17.1. The molecule has 2 aliphatic rings. The molecule has 4 rings (SSSR count). The van der Waals surface area contributed by atoms with Crippen molar-refractivity contribution in [2.75, 3.05) is 23.3 Å². The van der Waals surface area contributed by atoms with E-state index in [2.05, 4.69) is 5.32 Å². The first kappa shape index (κ1) is 23.5. The maximum absolute atomic E-state index is 13.5. The van der Waals surface area contributed by atoms with Crippen LogP contribution in [0.15, 0.2) is 30.3 Å². The van der Waals surface area contributed by atoms with Crippen LogP contribution in [0.1, 0.15) is 48.0 Å². The summed E-state index contributed by atoms with van der Waals surface area (Å²) in [7, 11) is 0. The molecule has 1 saturated heterocycles. The van der Waals surface area contributed by atoms with E-state index >= 15 is 0 Å². The molecule has 0 bridgehead atoms. The van der Waals surface area contributed by atoms with Gasteiger partial charge in [0.05, 0.1) is 31.9 Å². The molecule has 9 heteroatoms. The Morgan fingerprint density at radius 1 is 0.938 bits per heavy atom. The molecule has 2 fully saturated rings. The van der Waals surface area contributed by atoms with Gasteiger partial charge in [0, 0.05) is 18.8 Å². The van der Waals surface area contributed by atoms with Crippen molar-refractivity contribution in [2.24, 2.45) is 11.8 Å². The smallest absolute Gasteiger partial charge is 0.369 e. The highest BCUT2D eigenvalue weighted by Crippen LogP contribution is 2.43. The van der Waals surface area contributed by atoms with Gasteiger partial charge in [0.15, 0.2) is 0 Å². The van der Waals surface area contributed by atoms with Gasteiger partial charge in [0.2, 0.25) is 0 Å². The lowest BCUT2D eigenvalue weighted by molar-refractivity contribution is -0.137. The van der Waals surface area contributed by atoms with Crippen LogP contribution in [-0.4, -0.2) is 19.0 Å². The van der Waals surface area contributed by atoms with E-state index in [1.165, 1.54) is 31.0 Å². The summed E-state index contributed by atoms with van der Waals surface area (Å²) in [6.45, 7) is 1.34. The Balaban J connectivity index is 1.70. The van der Waals surface area contributed by atoms with E-state index in [4.69, 9.17) is 34.8 Å². The summed E-state index contributed by atoms with van der Waals surface area (Å²) in [6, 6.07) is 6.27. The molecule has 172 valence electrons. The van der Waals surface area contributed by atoms with Gasteiger partial charge < -0.3 is 10.2 Å². The van der Waals surface area contributed by atoms with Crippen LogP contribution in [0.3, 0.4) is 0 Å². The molecule has 1 heterocycles. The lowest BCUT2D eigenvalue weighted by Gasteiger charge is -2.43. The maximum Gasteiger partial charge on any atom is 0.416 e. The standard InChI is InChI=1S/C23H22Cl3F3N2O/c24-18-6-5-16(11-19(18)25)30-22(32)17-9-15(23(27,28)29)10-20(26)21(17)31-8-7-13-3-1-2-4-14(13)12-31/h5-6,9-11,13-14H,1-4,7-8,12H2,(H,30,32). The van der Waals surface area contributed by atoms with Gasteiger partial charge in [-0.15, -0.1) is 0 Å². The fourth-order valence-electron chi connectivity index (χ4n) is 4.83. The summed E-state index contributed by atoms with van der Waals surface area (Å²) in [5.74, 6) is 0.403. The molecule has 2 aromatic carbocycles. The second kappa shape index (κ2) is 9.32. The lowest BCUT2D eigenvalue weighted by atomic mass is 9.75. The number of carbonyl (C=O) groups is 1. The third-order valence-electron chi connectivity index (χ3n) is 6.42. The molecule has 0 radical (unpaired) electrons. The number of hydrogen-bond acceptors (Lipinski definition) is 2. The third kappa shape index (κ3) is 4.97. The van der Waals surface area contributed by atoms with E-state index in [0.717, 1.165) is 31.4 Å². The second-order valence-corrected chi connectivity index (χ2v) is 9.70. The topological polar surface area (TPSA) is 32.3 Å². The number of carbonyl (C=O) groups excluding carboxylic acids is 1. The van der Waals surface area contributed by atoms with Crippen LogP contribution >= 0.6 is 34.8 Å². The molecule has 2 atom stereocenters. The monoisotopic (exact) mass is 504 g/mol. The van der Waals surface area contributed by atoms with Crippen molar-refractivity contribution in [3.05, 3.63) is 56.5 Å². The number of anilines is 2. The Kier molecular flexibility index (Phi) is 6.85. The first-order chi connectivity index (χ1) is 15.1. The molecule has 32 heavy (non-hydrogen) atoms. The molecule has 1 aliphatic heterocycles. The Labute approximate surface area is 199 Å². The summed E-state index contributed by atoms with van der Waals surface area (Å²) in [6.07, 6.45) is 0.959. The van der Waals surface area contributed by atoms with Gasteiger partial charge in [-0.05, 0) is 55.0 Å². The van der Waals surface area contributed by atoms with Crippen molar-refractivity contribution in [1.82, 2.24) is 0 Å². The minimum atomic E-state index is -4.63. The van der Waals surface area contributed by atoms with Gasteiger partial charge >= 0.3 is 6.18 Å². The maximum atomic E-state index is 13.5. The number of amides is 1. The Morgan fingerprint density at radius 3 is 2.34 bits per heavy atom. The van der Waals surface area contributed by atoms with Crippen LogP contribution in [0.25, 0.3) is 0 Å². The number of nitrogens with one attached hydrogen (secondary N) is 1. The molecular weight excluding hydrogens is 484 g/mol. The van der Waals surface area contributed by atoms with Crippen molar-refractivity contribution in [1.29, 1.82) is 0 Å². The van der Waals surface area contributed by atoms with Crippen molar-refractivity contribution in [3.8, 4) is 0 Å². The van der Waals surface area contributed by atoms with Crippen LogP contribution in [0.4, 0.5) is 24.5 Å². The normalized spacial score (nSPS) is 21.2. The number of piperidine rings is 1. The number of alkyl halides is 3. The summed E-state index contributed by atoms with van der Waals surface area (Å²) in [5, 5.41) is 3.09. The quantitative estimate of drug-likeness (QED) is 0.459. The molecule has 1 N–H and O–H groups in total. The van der Waals surface area contributed by atoms with Crippen LogP contribution < -0.4 is 10.2 Å². The largest absolute Gasteiger partial charge is 0.416 e. The number of nitrogens with zero attached hydrogens (tertiary/aromatic N) is 1. The molecule has 1 aliphatic carbocycles. The highest BCUT2D eigenvalue weighted by Gasteiger charge is 2.36. The zero-order chi connectivity index (χ0) is 23.0. The first-order valence-corrected chi connectivity index (χ1v) is 11.7. The highest BCUT2D eigenvalue weighted by molar-refractivity contribution is 6.42. The SMILES string of the molecule is O=C(Nc1ccc(Cl)c(Cl)c1)c1cc(C(F)(F)F)cc(Cl)c1N1CCC2CCCCC2C1. The van der Waals surface area contributed by atoms with Gasteiger partial charge in [-0.25, -0.2) is 0 Å². The van der Waals surface area contributed by atoms with Crippen LogP contribution in [-0.2, 0) is 6.18 Å². The van der Waals surface area contributed by atoms with Gasteiger partial charge in [0.25, 0.3) is 5.91 Å². The van der Waals surface area contributed by atoms with Gasteiger partial charge in [-0.2, -0.15) is 13.2 Å². The van der Waals surface area contributed by atoms with Crippen molar-refractivity contribution in [3.63, 3.8) is 0 Å². The average Bonchev–Trinajstić information content (AvgIpc) is 2.74. The molecular formula is C23H22Cl3F3N2O. The Morgan fingerprint density at radius 2 is 1.66 bits per heavy atom. The van der Waals surface area contributed by atoms with E-state index in [-0.39, 0.29) is 15.6 Å². The fourth-order valence-corrected chi connectivity index (χ4v) is 5.47. The van der Waals surface area contributed by atoms with E-state index in [0.29, 0.717) is 41.3 Å². The number of rotatable bonds is 3. The second-order valence-electron chi connectivity index (χ2n) is 8.47. The summed E-state index contributed by atoms with van der Waals surface area (Å²) in [5.41, 5.74) is -0.389. The van der Waals surface area contributed by atoms with Crippen LogP contribution in [0, 0.1) is 11.8 Å². The van der Waals surface area contributed by atoms with E-state index in [1.54, 1.807) is 0 Å². The predicted octanol–water partition coefficient (Wildman–Crippen LogP) is 7.93. The van der Waals surface area contributed by atoms with Crippen molar-refractivity contribution in [2.45, 2.75) is 38.3 Å². The molecule has 0 spiro atoms. The fraction of sp³-hybridized carbons (Fsp3) is 0.435. The van der Waals surface area contributed by atoms with Crippen molar-refractivity contribution >= 4 is 52.1 Å². The number of fused-ring (bicyclic) bond motifs is 1. The average molecular weight is 506 g/mol. The minimum Gasteiger partial charge on any atom is -0.369 e. The molecule has 1 saturated carbocycles. The Hall–Kier alpha value is -1.63. The summed E-state index contributed by atoms with van der Waals surface area (Å²) in [4.78, 5) is 15.1. The molecule has 2 aromatic rings. The zero-order valence-corrected chi connectivity index (χ0v) is 19.4. The van der Waals surface area contributed by atoms with Crippen LogP contribution in [0.5, 0.6) is 0 Å². The van der Waals surface area contributed by atoms with Crippen LogP contribution in [0.2, 0.25) is 15.1 Å². The van der Waals surface area contributed by atoms with Crippen molar-refractivity contribution < 1.29 is 18.0 Å². The van der Waals surface area contributed by atoms with Gasteiger partial charge in [0.1, 0.15) is 0 Å². The van der Waals surface area contributed by atoms with Gasteiger partial charge in [-0.1, -0.05) is 54.1 Å². The molecule has 2 unspecified atom stereocenters. The third-order valence-corrected chi connectivity index (χ3v) is 7.45. The number of hydrogen-bond donors (Lipinski definition) is 1. The highest BCUT2D eigenvalue weighted by atomic mass is 35.5. The summed E-state index contributed by atoms with van der Waals surface area (Å²) < 4.78 is 40.5. The van der Waals surface area contributed by atoms with E-state index in [1.807, 2.05) is 4.90 Å². The molecule has 3 nitrogen and oxygen atoms in total. The van der Waals surface area contributed by atoms with E-state index in [9.17, 15) is 18.0 Å². The predicted molar refractivity (Wildman–Crippen MR) is 123 cm³/mol.